The van der Waals surface area contributed by atoms with E-state index in [0.29, 0.717) is 0 Å². The predicted octanol–water partition coefficient (Wildman–Crippen LogP) is 11.0. The number of benzene rings is 10. The van der Waals surface area contributed by atoms with Crippen molar-refractivity contribution in [2.45, 2.75) is 0 Å². The molecule has 0 fully saturated rings. The zero-order valence-electron chi connectivity index (χ0n) is 36.0. The lowest BCUT2D eigenvalue weighted by Crippen LogP contribution is -2.60. The molecular weight excluding hydrogens is 814 g/mol. The second-order valence-corrected chi connectivity index (χ2v) is 18.7. The van der Waals surface area contributed by atoms with Crippen LogP contribution in [-0.4, -0.2) is 22.6 Å². The Balaban J connectivity index is 0.982. The average Bonchev–Trinajstić information content (AvgIpc) is 4.04. The topological polar surface area (TPSA) is 29.5 Å². The molecule has 0 bridgehead atoms. The number of nitrogens with zero attached hydrogens (tertiary/aromatic N) is 4. The first-order chi connectivity index (χ1) is 33.3. The molecule has 4 aliphatic heterocycles. The first-order valence-electron chi connectivity index (χ1n) is 23.3. The van der Waals surface area contributed by atoms with Gasteiger partial charge in [0.1, 0.15) is 11.2 Å². The molecule has 0 saturated carbocycles. The van der Waals surface area contributed by atoms with E-state index >= 15 is 0 Å². The van der Waals surface area contributed by atoms with Gasteiger partial charge in [0.05, 0.1) is 11.0 Å². The van der Waals surface area contributed by atoms with Gasteiger partial charge in [0, 0.05) is 101 Å². The molecule has 4 aliphatic rings. The third-order valence-corrected chi connectivity index (χ3v) is 15.6. The van der Waals surface area contributed by atoms with Crippen LogP contribution >= 0.6 is 0 Å². The summed E-state index contributed by atoms with van der Waals surface area (Å²) < 4.78 is 12.2. The second kappa shape index (κ2) is 12.2. The van der Waals surface area contributed by atoms with Crippen LogP contribution in [-0.2, 0) is 0 Å². The Bertz CT molecular complexity index is 4100. The molecule has 17 rings (SSSR count). The molecule has 7 heterocycles. The Hall–Kier alpha value is -8.67. The van der Waals surface area contributed by atoms with Crippen LogP contribution in [0.2, 0.25) is 0 Å². The number of anilines is 6. The van der Waals surface area contributed by atoms with Gasteiger partial charge in [-0.2, -0.15) is 0 Å². The molecule has 0 saturated heterocycles. The van der Waals surface area contributed by atoms with E-state index in [2.05, 4.69) is 225 Å². The second-order valence-electron chi connectivity index (χ2n) is 18.7. The number of para-hydroxylation sites is 6. The van der Waals surface area contributed by atoms with Gasteiger partial charge in [0.25, 0.3) is 13.4 Å². The Labute approximate surface area is 385 Å². The van der Waals surface area contributed by atoms with E-state index < -0.39 is 0 Å². The van der Waals surface area contributed by atoms with E-state index in [1.807, 2.05) is 0 Å². The molecule has 0 atom stereocenters. The van der Waals surface area contributed by atoms with E-state index in [1.54, 1.807) is 0 Å². The van der Waals surface area contributed by atoms with Crippen molar-refractivity contribution in [3.05, 3.63) is 206 Å². The smallest absolute Gasteiger partial charge is 0.252 e. The van der Waals surface area contributed by atoms with Gasteiger partial charge < -0.3 is 23.4 Å². The maximum atomic E-state index is 7.19. The molecule has 0 unspecified atom stereocenters. The molecule has 3 aromatic heterocycles. The van der Waals surface area contributed by atoms with E-state index in [4.69, 9.17) is 4.42 Å². The Morgan fingerprint density at radius 2 is 0.701 bits per heavy atom. The number of furan rings is 1. The van der Waals surface area contributed by atoms with E-state index in [0.717, 1.165) is 44.7 Å². The minimum absolute atomic E-state index is 0.00882. The van der Waals surface area contributed by atoms with Crippen molar-refractivity contribution >= 4 is 146 Å². The van der Waals surface area contributed by atoms with Crippen molar-refractivity contribution in [3.8, 4) is 11.4 Å². The lowest BCUT2D eigenvalue weighted by atomic mass is 9.33. The molecule has 10 aromatic carbocycles. The third-order valence-electron chi connectivity index (χ3n) is 15.6. The lowest BCUT2D eigenvalue weighted by Gasteiger charge is -2.40. The van der Waals surface area contributed by atoms with Crippen LogP contribution in [0.1, 0.15) is 0 Å². The molecule has 0 spiro atoms. The van der Waals surface area contributed by atoms with Crippen molar-refractivity contribution in [2.24, 2.45) is 0 Å². The summed E-state index contributed by atoms with van der Waals surface area (Å²) in [5.74, 6) is 0. The van der Waals surface area contributed by atoms with E-state index in [1.165, 1.54) is 99.1 Å². The maximum absolute atomic E-state index is 7.19. The molecular formula is C60H34B2N4O. The molecule has 5 nitrogen and oxygen atoms in total. The summed E-state index contributed by atoms with van der Waals surface area (Å²) in [5, 5.41) is 7.42. The first-order valence-corrected chi connectivity index (χ1v) is 23.3. The van der Waals surface area contributed by atoms with Crippen LogP contribution in [0.15, 0.2) is 211 Å². The van der Waals surface area contributed by atoms with Crippen molar-refractivity contribution in [1.29, 1.82) is 0 Å². The molecule has 67 heavy (non-hydrogen) atoms. The Kier molecular flexibility index (Phi) is 6.30. The van der Waals surface area contributed by atoms with E-state index in [-0.39, 0.29) is 13.4 Å². The quantitative estimate of drug-likeness (QED) is 0.162. The average molecular weight is 849 g/mol. The SMILES string of the molecule is c1ccc(N2c3cc4oc5cc6c(cc5c4cc3B3c4c2cccc4-n2c4ccccc4c4cccc3c42)B2c3c(cccc3-n3c4ccccc4c4cccc2c43)N6c2ccccc2)cc1. The molecule has 0 radical (unpaired) electrons. The van der Waals surface area contributed by atoms with Gasteiger partial charge in [0.2, 0.25) is 0 Å². The predicted molar refractivity (Wildman–Crippen MR) is 281 cm³/mol. The Morgan fingerprint density at radius 3 is 1.18 bits per heavy atom. The fraction of sp³-hybridized carbons (Fsp3) is 0. The van der Waals surface area contributed by atoms with Crippen LogP contribution in [0.3, 0.4) is 0 Å². The zero-order chi connectivity index (χ0) is 43.2. The van der Waals surface area contributed by atoms with Gasteiger partial charge in [-0.25, -0.2) is 0 Å². The zero-order valence-corrected chi connectivity index (χ0v) is 36.0. The minimum atomic E-state index is 0.00882. The van der Waals surface area contributed by atoms with Gasteiger partial charge in [-0.1, -0.05) is 133 Å². The molecule has 0 amide bonds. The molecule has 0 N–H and O–H groups in total. The van der Waals surface area contributed by atoms with Crippen LogP contribution in [0.5, 0.6) is 0 Å². The largest absolute Gasteiger partial charge is 0.456 e. The van der Waals surface area contributed by atoms with Crippen LogP contribution in [0, 0.1) is 0 Å². The highest BCUT2D eigenvalue weighted by Crippen LogP contribution is 2.46. The molecule has 0 aliphatic carbocycles. The summed E-state index contributed by atoms with van der Waals surface area (Å²) in [5.41, 5.74) is 24.2. The van der Waals surface area contributed by atoms with Crippen LogP contribution < -0.4 is 42.6 Å². The first kappa shape index (κ1) is 34.7. The molecule has 13 aromatic rings. The number of fused-ring (bicyclic) bond motifs is 17. The number of hydrogen-bond donors (Lipinski definition) is 0. The van der Waals surface area contributed by atoms with Gasteiger partial charge in [-0.05, 0) is 93.4 Å². The van der Waals surface area contributed by atoms with Gasteiger partial charge in [0.15, 0.2) is 0 Å². The fourth-order valence-corrected chi connectivity index (χ4v) is 13.2. The monoisotopic (exact) mass is 848 g/mol. The normalized spacial score (nSPS) is 13.9. The summed E-state index contributed by atoms with van der Waals surface area (Å²) in [4.78, 5) is 4.94. The van der Waals surface area contributed by atoms with E-state index in [9.17, 15) is 0 Å². The van der Waals surface area contributed by atoms with Crippen molar-refractivity contribution in [1.82, 2.24) is 9.13 Å². The summed E-state index contributed by atoms with van der Waals surface area (Å²) in [6.07, 6.45) is 0. The third kappa shape index (κ3) is 4.16. The highest BCUT2D eigenvalue weighted by molar-refractivity contribution is 7.01. The highest BCUT2D eigenvalue weighted by Gasteiger charge is 2.44. The van der Waals surface area contributed by atoms with Gasteiger partial charge >= 0.3 is 0 Å². The lowest BCUT2D eigenvalue weighted by molar-refractivity contribution is 0.669. The number of hydrogen-bond acceptors (Lipinski definition) is 3. The number of rotatable bonds is 2. The standard InChI is InChI=1S/C60H34B2N4O/c1-3-15-35(16-4-1)63-49-27-13-29-51-57(49)61(43-23-11-21-39-37-19-7-9-25-47(37)65(51)59(39)43)45-31-41-42-32-46-54(34-56(42)67-55(41)33-53(45)63)64(36-17-5-2-6-18-36)50-28-14-30-52-58(50)62(46)44-24-12-22-40-38-20-8-10-26-48(38)66(52)60(40)44/h1-34H. The maximum Gasteiger partial charge on any atom is 0.252 e. The minimum Gasteiger partial charge on any atom is -0.456 e. The summed E-state index contributed by atoms with van der Waals surface area (Å²) in [6, 6.07) is 76.7. The summed E-state index contributed by atoms with van der Waals surface area (Å²) >= 11 is 0. The van der Waals surface area contributed by atoms with Crippen molar-refractivity contribution in [2.75, 3.05) is 9.80 Å². The van der Waals surface area contributed by atoms with Crippen LogP contribution in [0.25, 0.3) is 76.9 Å². The van der Waals surface area contributed by atoms with Crippen molar-refractivity contribution in [3.63, 3.8) is 0 Å². The van der Waals surface area contributed by atoms with Gasteiger partial charge in [-0.3, -0.25) is 0 Å². The fourth-order valence-electron chi connectivity index (χ4n) is 13.2. The molecule has 7 heteroatoms. The van der Waals surface area contributed by atoms with Crippen molar-refractivity contribution < 1.29 is 4.42 Å². The number of aromatic nitrogens is 2. The summed E-state index contributed by atoms with van der Waals surface area (Å²) in [7, 11) is 0. The highest BCUT2D eigenvalue weighted by atomic mass is 16.3. The molecule has 306 valence electrons. The van der Waals surface area contributed by atoms with Crippen LogP contribution in [0.4, 0.5) is 34.1 Å². The van der Waals surface area contributed by atoms with Gasteiger partial charge in [-0.15, -0.1) is 0 Å². The Morgan fingerprint density at radius 1 is 0.299 bits per heavy atom. The summed E-state index contributed by atoms with van der Waals surface area (Å²) in [6.45, 7) is 0.0176.